The van der Waals surface area contributed by atoms with Crippen molar-refractivity contribution in [3.8, 4) is 22.1 Å². The molecule has 0 spiro atoms. The highest BCUT2D eigenvalue weighted by atomic mass is 32.1. The molecule has 0 unspecified atom stereocenters. The third-order valence-electron chi connectivity index (χ3n) is 4.07. The number of hydrogen-bond acceptors (Lipinski definition) is 5. The molecular formula is C19H14F2N2O3S. The summed E-state index contributed by atoms with van der Waals surface area (Å²) in [6.45, 7) is 2.09. The lowest BCUT2D eigenvalue weighted by atomic mass is 10.2. The van der Waals surface area contributed by atoms with E-state index in [0.29, 0.717) is 22.1 Å². The number of nitrogens with zero attached hydrogens (tertiary/aromatic N) is 1. The van der Waals surface area contributed by atoms with E-state index in [2.05, 4.69) is 10.3 Å². The molecule has 0 saturated heterocycles. The molecule has 0 bridgehead atoms. The molecule has 0 atom stereocenters. The fourth-order valence-corrected chi connectivity index (χ4v) is 3.76. The van der Waals surface area contributed by atoms with Crippen LogP contribution >= 0.6 is 11.3 Å². The van der Waals surface area contributed by atoms with Gasteiger partial charge in [0.2, 0.25) is 6.79 Å². The van der Waals surface area contributed by atoms with Gasteiger partial charge in [-0.05, 0) is 36.8 Å². The Bertz CT molecular complexity index is 1020. The molecule has 0 saturated carbocycles. The van der Waals surface area contributed by atoms with Gasteiger partial charge in [-0.3, -0.25) is 4.79 Å². The second-order valence-corrected chi connectivity index (χ2v) is 6.90. The van der Waals surface area contributed by atoms with Crippen LogP contribution in [-0.2, 0) is 6.54 Å². The SMILES string of the molecule is Cc1nc(-c2c(F)cccc2F)sc1C(=O)NCc1ccc2c(c1)OCO2. The van der Waals surface area contributed by atoms with Gasteiger partial charge in [0.15, 0.2) is 11.5 Å². The number of nitrogens with one attached hydrogen (secondary N) is 1. The first-order valence-electron chi connectivity index (χ1n) is 8.11. The number of ether oxygens (including phenoxy) is 2. The van der Waals surface area contributed by atoms with Crippen LogP contribution in [0.1, 0.15) is 20.9 Å². The monoisotopic (exact) mass is 388 g/mol. The molecule has 1 aliphatic rings. The number of aryl methyl sites for hydroxylation is 1. The molecule has 1 aromatic heterocycles. The molecule has 27 heavy (non-hydrogen) atoms. The Morgan fingerprint density at radius 2 is 1.93 bits per heavy atom. The molecule has 0 aliphatic carbocycles. The summed E-state index contributed by atoms with van der Waals surface area (Å²) in [7, 11) is 0. The van der Waals surface area contributed by atoms with Gasteiger partial charge in [-0.15, -0.1) is 11.3 Å². The topological polar surface area (TPSA) is 60.5 Å². The van der Waals surface area contributed by atoms with Gasteiger partial charge in [-0.25, -0.2) is 13.8 Å². The first-order chi connectivity index (χ1) is 13.0. The van der Waals surface area contributed by atoms with Crippen molar-refractivity contribution in [1.29, 1.82) is 0 Å². The molecule has 2 heterocycles. The fraction of sp³-hybridized carbons (Fsp3) is 0.158. The summed E-state index contributed by atoms with van der Waals surface area (Å²) in [6, 6.07) is 9.01. The maximum absolute atomic E-state index is 14.0. The van der Waals surface area contributed by atoms with Crippen molar-refractivity contribution in [2.24, 2.45) is 0 Å². The third-order valence-corrected chi connectivity index (χ3v) is 5.24. The minimum atomic E-state index is -0.712. The highest BCUT2D eigenvalue weighted by molar-refractivity contribution is 7.17. The van der Waals surface area contributed by atoms with Crippen molar-refractivity contribution in [3.63, 3.8) is 0 Å². The largest absolute Gasteiger partial charge is 0.454 e. The summed E-state index contributed by atoms with van der Waals surface area (Å²) < 4.78 is 38.5. The maximum atomic E-state index is 14.0. The molecule has 1 aliphatic heterocycles. The van der Waals surface area contributed by atoms with Crippen molar-refractivity contribution in [3.05, 3.63) is 64.2 Å². The first-order valence-corrected chi connectivity index (χ1v) is 8.93. The van der Waals surface area contributed by atoms with Crippen molar-refractivity contribution in [2.75, 3.05) is 6.79 Å². The van der Waals surface area contributed by atoms with Gasteiger partial charge in [-0.2, -0.15) is 0 Å². The quantitative estimate of drug-likeness (QED) is 0.732. The molecule has 138 valence electrons. The van der Waals surface area contributed by atoms with Crippen LogP contribution in [0, 0.1) is 18.6 Å². The number of carbonyl (C=O) groups is 1. The predicted molar refractivity (Wildman–Crippen MR) is 95.9 cm³/mol. The average molecular weight is 388 g/mol. The van der Waals surface area contributed by atoms with Crippen LogP contribution in [0.2, 0.25) is 0 Å². The molecule has 0 fully saturated rings. The molecule has 1 N–H and O–H groups in total. The number of hydrogen-bond donors (Lipinski definition) is 1. The minimum absolute atomic E-state index is 0.135. The molecule has 8 heteroatoms. The van der Waals surface area contributed by atoms with E-state index in [1.54, 1.807) is 19.1 Å². The lowest BCUT2D eigenvalue weighted by Crippen LogP contribution is -2.22. The number of amides is 1. The zero-order valence-corrected chi connectivity index (χ0v) is 15.0. The fourth-order valence-electron chi connectivity index (χ4n) is 2.73. The van der Waals surface area contributed by atoms with Crippen LogP contribution in [0.4, 0.5) is 8.78 Å². The summed E-state index contributed by atoms with van der Waals surface area (Å²) >= 11 is 0.956. The molecule has 4 rings (SSSR count). The maximum Gasteiger partial charge on any atom is 0.263 e. The van der Waals surface area contributed by atoms with Crippen LogP contribution in [0.5, 0.6) is 11.5 Å². The van der Waals surface area contributed by atoms with E-state index in [1.165, 1.54) is 6.07 Å². The first kappa shape index (κ1) is 17.4. The number of fused-ring (bicyclic) bond motifs is 1. The van der Waals surface area contributed by atoms with E-state index in [4.69, 9.17) is 9.47 Å². The smallest absolute Gasteiger partial charge is 0.263 e. The summed E-state index contributed by atoms with van der Waals surface area (Å²) in [4.78, 5) is 17.0. The van der Waals surface area contributed by atoms with Crippen molar-refractivity contribution in [1.82, 2.24) is 10.3 Å². The number of benzene rings is 2. The van der Waals surface area contributed by atoms with Crippen LogP contribution in [0.3, 0.4) is 0 Å². The number of halogens is 2. The third kappa shape index (κ3) is 3.35. The van der Waals surface area contributed by atoms with E-state index in [0.717, 1.165) is 29.0 Å². The van der Waals surface area contributed by atoms with Gasteiger partial charge in [0, 0.05) is 6.54 Å². The Hall–Kier alpha value is -3.00. The van der Waals surface area contributed by atoms with Crippen molar-refractivity contribution < 1.29 is 23.0 Å². The summed E-state index contributed by atoms with van der Waals surface area (Å²) in [5.41, 5.74) is 1.04. The number of thiazole rings is 1. The van der Waals surface area contributed by atoms with Gasteiger partial charge in [0.25, 0.3) is 5.91 Å². The zero-order chi connectivity index (χ0) is 19.0. The van der Waals surface area contributed by atoms with Crippen LogP contribution < -0.4 is 14.8 Å². The average Bonchev–Trinajstić information content (AvgIpc) is 3.25. The Labute approximate surface area is 157 Å². The Morgan fingerprint density at radius 3 is 2.70 bits per heavy atom. The Kier molecular flexibility index (Phi) is 4.49. The van der Waals surface area contributed by atoms with Crippen molar-refractivity contribution >= 4 is 17.2 Å². The van der Waals surface area contributed by atoms with E-state index in [-0.39, 0.29) is 29.8 Å². The second-order valence-electron chi connectivity index (χ2n) is 5.90. The van der Waals surface area contributed by atoms with Crippen LogP contribution in [0.15, 0.2) is 36.4 Å². The van der Waals surface area contributed by atoms with E-state index >= 15 is 0 Å². The second kappa shape index (κ2) is 6.96. The lowest BCUT2D eigenvalue weighted by molar-refractivity contribution is 0.0954. The Morgan fingerprint density at radius 1 is 1.19 bits per heavy atom. The molecule has 5 nitrogen and oxygen atoms in total. The highest BCUT2D eigenvalue weighted by Gasteiger charge is 2.21. The molecule has 3 aromatic rings. The number of carbonyl (C=O) groups excluding carboxylic acids is 1. The van der Waals surface area contributed by atoms with E-state index < -0.39 is 11.6 Å². The molecule has 1 amide bonds. The van der Waals surface area contributed by atoms with Crippen LogP contribution in [-0.4, -0.2) is 17.7 Å². The molecule has 0 radical (unpaired) electrons. The van der Waals surface area contributed by atoms with Gasteiger partial charge in [-0.1, -0.05) is 12.1 Å². The van der Waals surface area contributed by atoms with E-state index in [9.17, 15) is 13.6 Å². The number of rotatable bonds is 4. The zero-order valence-electron chi connectivity index (χ0n) is 14.2. The normalized spacial score (nSPS) is 12.3. The molecular weight excluding hydrogens is 374 g/mol. The lowest BCUT2D eigenvalue weighted by Gasteiger charge is -2.05. The van der Waals surface area contributed by atoms with E-state index in [1.807, 2.05) is 6.07 Å². The van der Waals surface area contributed by atoms with Crippen LogP contribution in [0.25, 0.3) is 10.6 Å². The summed E-state index contributed by atoms with van der Waals surface area (Å²) in [6.07, 6.45) is 0. The summed E-state index contributed by atoms with van der Waals surface area (Å²) in [5.74, 6) is -0.481. The van der Waals surface area contributed by atoms with Gasteiger partial charge >= 0.3 is 0 Å². The predicted octanol–water partition coefficient (Wildman–Crippen LogP) is 4.06. The number of aromatic nitrogens is 1. The molecule has 2 aromatic carbocycles. The highest BCUT2D eigenvalue weighted by Crippen LogP contribution is 2.33. The van der Waals surface area contributed by atoms with Gasteiger partial charge in [0.05, 0.1) is 11.3 Å². The van der Waals surface area contributed by atoms with Gasteiger partial charge in [0.1, 0.15) is 21.5 Å². The van der Waals surface area contributed by atoms with Crippen molar-refractivity contribution in [2.45, 2.75) is 13.5 Å². The summed E-state index contributed by atoms with van der Waals surface area (Å²) in [5, 5.41) is 2.92. The van der Waals surface area contributed by atoms with Gasteiger partial charge < -0.3 is 14.8 Å². The Balaban J connectivity index is 1.52. The standard InChI is InChI=1S/C19H14F2N2O3S/c1-10-17(27-19(23-10)16-12(20)3-2-4-13(16)21)18(24)22-8-11-5-6-14-15(7-11)26-9-25-14/h2-7H,8-9H2,1H3,(H,22,24). The minimum Gasteiger partial charge on any atom is -0.454 e.